The van der Waals surface area contributed by atoms with Gasteiger partial charge in [0.2, 0.25) is 0 Å². The van der Waals surface area contributed by atoms with Gasteiger partial charge in [0.25, 0.3) is 17.5 Å². The number of nitrogens with one attached hydrogen (secondary N) is 2. The van der Waals surface area contributed by atoms with Gasteiger partial charge < -0.3 is 15.4 Å². The van der Waals surface area contributed by atoms with Crippen molar-refractivity contribution in [2.45, 2.75) is 0 Å². The zero-order chi connectivity index (χ0) is 21.7. The van der Waals surface area contributed by atoms with Gasteiger partial charge in [-0.05, 0) is 36.4 Å². The first-order valence-corrected chi connectivity index (χ1v) is 8.69. The van der Waals surface area contributed by atoms with Crippen LogP contribution in [0.5, 0.6) is 5.75 Å². The summed E-state index contributed by atoms with van der Waals surface area (Å²) in [6.45, 7) is 0. The van der Waals surface area contributed by atoms with Crippen molar-refractivity contribution >= 4 is 28.9 Å². The van der Waals surface area contributed by atoms with Gasteiger partial charge in [-0.25, -0.2) is 4.39 Å². The number of halogens is 1. The lowest BCUT2D eigenvalue weighted by molar-refractivity contribution is -0.383. The van der Waals surface area contributed by atoms with Crippen molar-refractivity contribution in [3.05, 3.63) is 93.8 Å². The Morgan fingerprint density at radius 1 is 0.967 bits per heavy atom. The van der Waals surface area contributed by atoms with Crippen molar-refractivity contribution in [1.82, 2.24) is 0 Å². The SMILES string of the molecule is COc1cc(F)ccc1C(=O)Nc1ccc(NC(=O)c2ccccc2)c([N+](=O)[O-])c1. The van der Waals surface area contributed by atoms with E-state index in [-0.39, 0.29) is 22.7 Å². The number of anilines is 2. The number of carbonyl (C=O) groups is 2. The van der Waals surface area contributed by atoms with E-state index in [9.17, 15) is 24.1 Å². The third-order valence-electron chi connectivity index (χ3n) is 4.14. The van der Waals surface area contributed by atoms with Crippen molar-refractivity contribution in [1.29, 1.82) is 0 Å². The maximum absolute atomic E-state index is 13.3. The highest BCUT2D eigenvalue weighted by Crippen LogP contribution is 2.29. The molecule has 0 saturated carbocycles. The standard InChI is InChI=1S/C21H16FN3O5/c1-30-19-11-14(22)7-9-16(19)21(27)23-15-8-10-17(18(12-15)25(28)29)24-20(26)13-5-3-2-4-6-13/h2-12H,1H3,(H,23,27)(H,24,26). The Bertz CT molecular complexity index is 1120. The zero-order valence-corrected chi connectivity index (χ0v) is 15.7. The van der Waals surface area contributed by atoms with Crippen LogP contribution in [0, 0.1) is 15.9 Å². The molecule has 2 amide bonds. The molecular weight excluding hydrogens is 393 g/mol. The Balaban J connectivity index is 1.84. The largest absolute Gasteiger partial charge is 0.496 e. The van der Waals surface area contributed by atoms with Crippen molar-refractivity contribution in [3.63, 3.8) is 0 Å². The van der Waals surface area contributed by atoms with Crippen LogP contribution in [0.1, 0.15) is 20.7 Å². The van der Waals surface area contributed by atoms with Gasteiger partial charge in [0.05, 0.1) is 17.6 Å². The average molecular weight is 409 g/mol. The van der Waals surface area contributed by atoms with E-state index in [1.807, 2.05) is 0 Å². The van der Waals surface area contributed by atoms with E-state index in [4.69, 9.17) is 4.74 Å². The number of methoxy groups -OCH3 is 1. The van der Waals surface area contributed by atoms with Crippen LogP contribution in [0.3, 0.4) is 0 Å². The fourth-order valence-corrected chi connectivity index (χ4v) is 2.70. The minimum Gasteiger partial charge on any atom is -0.496 e. The van der Waals surface area contributed by atoms with Gasteiger partial charge in [0, 0.05) is 23.4 Å². The van der Waals surface area contributed by atoms with Gasteiger partial charge in [-0.1, -0.05) is 18.2 Å². The Hall–Kier alpha value is -4.27. The highest BCUT2D eigenvalue weighted by molar-refractivity contribution is 6.07. The van der Waals surface area contributed by atoms with Gasteiger partial charge in [0.1, 0.15) is 17.3 Å². The van der Waals surface area contributed by atoms with Gasteiger partial charge in [-0.3, -0.25) is 19.7 Å². The van der Waals surface area contributed by atoms with E-state index in [2.05, 4.69) is 10.6 Å². The van der Waals surface area contributed by atoms with Crippen LogP contribution in [-0.4, -0.2) is 23.8 Å². The molecule has 0 aliphatic heterocycles. The summed E-state index contributed by atoms with van der Waals surface area (Å²) in [7, 11) is 1.29. The summed E-state index contributed by atoms with van der Waals surface area (Å²) in [5.41, 5.74) is 0.0979. The molecule has 3 rings (SSSR count). The summed E-state index contributed by atoms with van der Waals surface area (Å²) in [6, 6.07) is 15.5. The Morgan fingerprint density at radius 2 is 1.70 bits per heavy atom. The number of nitrogens with zero attached hydrogens (tertiary/aromatic N) is 1. The predicted molar refractivity (Wildman–Crippen MR) is 108 cm³/mol. The van der Waals surface area contributed by atoms with Crippen molar-refractivity contribution in [2.24, 2.45) is 0 Å². The molecule has 2 N–H and O–H groups in total. The number of benzene rings is 3. The third kappa shape index (κ3) is 4.58. The molecule has 3 aromatic carbocycles. The highest BCUT2D eigenvalue weighted by Gasteiger charge is 2.19. The lowest BCUT2D eigenvalue weighted by Crippen LogP contribution is -2.15. The zero-order valence-electron chi connectivity index (χ0n) is 15.7. The Labute approximate surface area is 170 Å². The van der Waals surface area contributed by atoms with E-state index >= 15 is 0 Å². The number of ether oxygens (including phenoxy) is 1. The molecule has 0 heterocycles. The summed E-state index contributed by atoms with van der Waals surface area (Å²) < 4.78 is 18.3. The fraction of sp³-hybridized carbons (Fsp3) is 0.0476. The molecule has 0 bridgehead atoms. The lowest BCUT2D eigenvalue weighted by Gasteiger charge is -2.11. The van der Waals surface area contributed by atoms with Crippen molar-refractivity contribution < 1.29 is 23.6 Å². The molecule has 0 atom stereocenters. The molecule has 0 spiro atoms. The topological polar surface area (TPSA) is 111 Å². The molecule has 0 aliphatic rings. The van der Waals surface area contributed by atoms with Crippen LogP contribution < -0.4 is 15.4 Å². The predicted octanol–water partition coefficient (Wildman–Crippen LogP) is 4.25. The molecular formula is C21H16FN3O5. The monoisotopic (exact) mass is 409 g/mol. The molecule has 0 aromatic heterocycles. The summed E-state index contributed by atoms with van der Waals surface area (Å²) in [4.78, 5) is 35.6. The van der Waals surface area contributed by atoms with Gasteiger partial charge in [-0.15, -0.1) is 0 Å². The first-order chi connectivity index (χ1) is 14.4. The number of amides is 2. The normalized spacial score (nSPS) is 10.2. The van der Waals surface area contributed by atoms with E-state index in [1.165, 1.54) is 25.3 Å². The van der Waals surface area contributed by atoms with Gasteiger partial charge in [0.15, 0.2) is 0 Å². The Morgan fingerprint density at radius 3 is 2.37 bits per heavy atom. The van der Waals surface area contributed by atoms with Crippen LogP contribution in [0.15, 0.2) is 66.7 Å². The molecule has 8 nitrogen and oxygen atoms in total. The molecule has 0 fully saturated rings. The molecule has 152 valence electrons. The average Bonchev–Trinajstić information content (AvgIpc) is 2.74. The van der Waals surface area contributed by atoms with Gasteiger partial charge >= 0.3 is 0 Å². The molecule has 3 aromatic rings. The molecule has 30 heavy (non-hydrogen) atoms. The minimum atomic E-state index is -0.672. The lowest BCUT2D eigenvalue weighted by atomic mass is 10.1. The second-order valence-corrected chi connectivity index (χ2v) is 6.11. The molecule has 0 aliphatic carbocycles. The first-order valence-electron chi connectivity index (χ1n) is 8.69. The number of carbonyl (C=O) groups excluding carboxylic acids is 2. The summed E-state index contributed by atoms with van der Waals surface area (Å²) in [6.07, 6.45) is 0. The molecule has 0 unspecified atom stereocenters. The molecule has 9 heteroatoms. The maximum atomic E-state index is 13.3. The number of hydrogen-bond donors (Lipinski definition) is 2. The second kappa shape index (κ2) is 8.82. The van der Waals surface area contributed by atoms with E-state index in [0.717, 1.165) is 18.2 Å². The molecule has 0 radical (unpaired) electrons. The number of rotatable bonds is 6. The molecule has 0 saturated heterocycles. The smallest absolute Gasteiger partial charge is 0.294 e. The number of nitro groups is 1. The van der Waals surface area contributed by atoms with E-state index in [0.29, 0.717) is 5.56 Å². The fourth-order valence-electron chi connectivity index (χ4n) is 2.70. The summed E-state index contributed by atoms with van der Waals surface area (Å²) in [5, 5.41) is 16.5. The van der Waals surface area contributed by atoms with Gasteiger partial charge in [-0.2, -0.15) is 0 Å². The van der Waals surface area contributed by atoms with E-state index < -0.39 is 28.2 Å². The van der Waals surface area contributed by atoms with Crippen molar-refractivity contribution in [2.75, 3.05) is 17.7 Å². The second-order valence-electron chi connectivity index (χ2n) is 6.11. The van der Waals surface area contributed by atoms with Crippen molar-refractivity contribution in [3.8, 4) is 5.75 Å². The van der Waals surface area contributed by atoms with Crippen LogP contribution in [0.2, 0.25) is 0 Å². The Kier molecular flexibility index (Phi) is 6.02. The van der Waals surface area contributed by atoms with Crippen LogP contribution in [0.4, 0.5) is 21.5 Å². The van der Waals surface area contributed by atoms with Crippen LogP contribution in [-0.2, 0) is 0 Å². The van der Waals surface area contributed by atoms with E-state index in [1.54, 1.807) is 30.3 Å². The number of nitro benzene ring substituents is 1. The quantitative estimate of drug-likeness (QED) is 0.467. The van der Waals surface area contributed by atoms with Crippen LogP contribution in [0.25, 0.3) is 0 Å². The summed E-state index contributed by atoms with van der Waals surface area (Å²) in [5.74, 6) is -1.69. The maximum Gasteiger partial charge on any atom is 0.294 e. The number of hydrogen-bond acceptors (Lipinski definition) is 5. The first kappa shape index (κ1) is 20.5. The van der Waals surface area contributed by atoms with Crippen LogP contribution >= 0.6 is 0 Å². The minimum absolute atomic E-state index is 0.0220. The highest BCUT2D eigenvalue weighted by atomic mass is 19.1. The summed E-state index contributed by atoms with van der Waals surface area (Å²) >= 11 is 0. The third-order valence-corrected chi connectivity index (χ3v) is 4.14.